The zero-order valence-electron chi connectivity index (χ0n) is 10.4. The van der Waals surface area contributed by atoms with Gasteiger partial charge in [-0.15, -0.1) is 0 Å². The first-order valence-electron chi connectivity index (χ1n) is 5.92. The van der Waals surface area contributed by atoms with Gasteiger partial charge >= 0.3 is 0 Å². The maximum Gasteiger partial charge on any atom is 0.0547 e. The van der Waals surface area contributed by atoms with Gasteiger partial charge in [-0.25, -0.2) is 0 Å². The van der Waals surface area contributed by atoms with E-state index in [1.165, 1.54) is 19.3 Å². The molecule has 0 spiro atoms. The molecule has 1 fully saturated rings. The molecule has 1 aliphatic carbocycles. The van der Waals surface area contributed by atoms with Gasteiger partial charge in [0.2, 0.25) is 0 Å². The first kappa shape index (κ1) is 13.3. The molecule has 90 valence electrons. The van der Waals surface area contributed by atoms with Crippen molar-refractivity contribution in [1.29, 1.82) is 0 Å². The molecular weight excluding hydrogens is 206 g/mol. The van der Waals surface area contributed by atoms with Gasteiger partial charge in [0.15, 0.2) is 0 Å². The van der Waals surface area contributed by atoms with Gasteiger partial charge in [0.25, 0.3) is 0 Å². The number of hydrogen-bond donors (Lipinski definition) is 2. The van der Waals surface area contributed by atoms with E-state index in [0.29, 0.717) is 22.0 Å². The minimum absolute atomic E-state index is 0.290. The Bertz CT molecular complexity index is 196. The molecule has 0 aliphatic heterocycles. The van der Waals surface area contributed by atoms with Crippen LogP contribution in [0.4, 0.5) is 0 Å². The number of nitrogens with one attached hydrogen (secondary N) is 1. The molecule has 0 aromatic heterocycles. The summed E-state index contributed by atoms with van der Waals surface area (Å²) < 4.78 is 0. The predicted octanol–water partition coefficient (Wildman–Crippen LogP) is 2.27. The number of rotatable bonds is 4. The fourth-order valence-corrected chi connectivity index (χ4v) is 4.03. The summed E-state index contributed by atoms with van der Waals surface area (Å²) in [6.07, 6.45) is 3.83. The third-order valence-corrected chi connectivity index (χ3v) is 4.83. The third kappa shape index (κ3) is 3.97. The molecule has 0 aromatic carbocycles. The second-order valence-corrected chi connectivity index (χ2v) is 7.15. The molecule has 1 rings (SSSR count). The highest BCUT2D eigenvalue weighted by Crippen LogP contribution is 2.41. The first-order chi connectivity index (χ1) is 6.98. The topological polar surface area (TPSA) is 32.3 Å². The van der Waals surface area contributed by atoms with E-state index in [4.69, 9.17) is 5.11 Å². The van der Waals surface area contributed by atoms with Crippen LogP contribution in [0.25, 0.3) is 0 Å². The summed E-state index contributed by atoms with van der Waals surface area (Å²) in [5.74, 6) is 0. The lowest BCUT2D eigenvalue weighted by atomic mass is 9.75. The lowest BCUT2D eigenvalue weighted by Crippen LogP contribution is -2.44. The molecule has 0 radical (unpaired) electrons. The van der Waals surface area contributed by atoms with Crippen molar-refractivity contribution in [3.8, 4) is 0 Å². The number of aliphatic hydroxyl groups is 1. The second kappa shape index (κ2) is 5.55. The Balaban J connectivity index is 2.55. The molecule has 1 saturated carbocycles. The highest BCUT2D eigenvalue weighted by Gasteiger charge is 2.34. The Hall–Kier alpha value is 0.270. The molecule has 0 saturated heterocycles. The molecule has 2 nitrogen and oxygen atoms in total. The van der Waals surface area contributed by atoms with Gasteiger partial charge in [-0.2, -0.15) is 11.8 Å². The summed E-state index contributed by atoms with van der Waals surface area (Å²) >= 11 is 1.94. The smallest absolute Gasteiger partial charge is 0.0547 e. The molecule has 2 N–H and O–H groups in total. The van der Waals surface area contributed by atoms with Gasteiger partial charge in [-0.3, -0.25) is 0 Å². The summed E-state index contributed by atoms with van der Waals surface area (Å²) in [6.45, 7) is 7.11. The molecule has 3 heteroatoms. The highest BCUT2D eigenvalue weighted by molar-refractivity contribution is 8.00. The van der Waals surface area contributed by atoms with Gasteiger partial charge in [0, 0.05) is 16.5 Å². The Morgan fingerprint density at radius 2 is 2.20 bits per heavy atom. The van der Waals surface area contributed by atoms with Gasteiger partial charge in [0.1, 0.15) is 0 Å². The van der Waals surface area contributed by atoms with E-state index in [1.807, 2.05) is 11.8 Å². The van der Waals surface area contributed by atoms with Crippen molar-refractivity contribution in [3.05, 3.63) is 0 Å². The van der Waals surface area contributed by atoms with Gasteiger partial charge in [0.05, 0.1) is 6.61 Å². The molecule has 1 aliphatic rings. The summed E-state index contributed by atoms with van der Waals surface area (Å²) in [7, 11) is 2.06. The maximum atomic E-state index is 9.11. The van der Waals surface area contributed by atoms with Crippen molar-refractivity contribution in [2.24, 2.45) is 5.41 Å². The average molecular weight is 231 g/mol. The third-order valence-electron chi connectivity index (χ3n) is 3.37. The molecule has 0 heterocycles. The Labute approximate surface area is 98.2 Å². The molecule has 0 aromatic rings. The molecular formula is C12H25NOS. The zero-order chi connectivity index (χ0) is 11.5. The fraction of sp³-hybridized carbons (Fsp3) is 1.00. The van der Waals surface area contributed by atoms with Crippen LogP contribution in [0.5, 0.6) is 0 Å². The summed E-state index contributed by atoms with van der Waals surface area (Å²) in [6, 6.07) is 0.622. The largest absolute Gasteiger partial charge is 0.395 e. The van der Waals surface area contributed by atoms with Crippen LogP contribution in [-0.4, -0.2) is 35.3 Å². The summed E-state index contributed by atoms with van der Waals surface area (Å²) in [4.78, 5) is 0. The normalized spacial score (nSPS) is 32.6. The number of thioether (sulfide) groups is 1. The van der Waals surface area contributed by atoms with Gasteiger partial charge < -0.3 is 10.4 Å². The van der Waals surface area contributed by atoms with E-state index in [9.17, 15) is 0 Å². The average Bonchev–Trinajstić information content (AvgIpc) is 2.17. The summed E-state index contributed by atoms with van der Waals surface area (Å²) in [5, 5.41) is 13.5. The van der Waals surface area contributed by atoms with E-state index in [-0.39, 0.29) is 6.61 Å². The molecule has 15 heavy (non-hydrogen) atoms. The number of hydrogen-bond acceptors (Lipinski definition) is 3. The monoisotopic (exact) mass is 231 g/mol. The van der Waals surface area contributed by atoms with Crippen LogP contribution in [0.1, 0.15) is 40.0 Å². The molecule has 3 atom stereocenters. The molecule has 3 unspecified atom stereocenters. The number of aliphatic hydroxyl groups excluding tert-OH is 1. The Morgan fingerprint density at radius 3 is 2.73 bits per heavy atom. The lowest BCUT2D eigenvalue weighted by molar-refractivity contribution is 0.217. The van der Waals surface area contributed by atoms with Crippen LogP contribution in [0.15, 0.2) is 0 Å². The van der Waals surface area contributed by atoms with Crippen LogP contribution in [-0.2, 0) is 0 Å². The predicted molar refractivity (Wildman–Crippen MR) is 68.4 cm³/mol. The van der Waals surface area contributed by atoms with E-state index in [1.54, 1.807) is 0 Å². The van der Waals surface area contributed by atoms with E-state index in [0.717, 1.165) is 0 Å². The minimum Gasteiger partial charge on any atom is -0.395 e. The minimum atomic E-state index is 0.290. The van der Waals surface area contributed by atoms with Crippen LogP contribution in [0.3, 0.4) is 0 Å². The Kier molecular flexibility index (Phi) is 4.94. The SMILES string of the molecule is CNC1CCC(C)(C)CC1SC(C)CO. The summed E-state index contributed by atoms with van der Waals surface area (Å²) in [5.41, 5.74) is 0.472. The quantitative estimate of drug-likeness (QED) is 0.778. The van der Waals surface area contributed by atoms with Crippen LogP contribution in [0.2, 0.25) is 0 Å². The van der Waals surface area contributed by atoms with Crippen LogP contribution in [0, 0.1) is 5.41 Å². The van der Waals surface area contributed by atoms with E-state index < -0.39 is 0 Å². The lowest BCUT2D eigenvalue weighted by Gasteiger charge is -2.41. The zero-order valence-corrected chi connectivity index (χ0v) is 11.2. The van der Waals surface area contributed by atoms with Crippen LogP contribution < -0.4 is 5.32 Å². The van der Waals surface area contributed by atoms with Crippen molar-refractivity contribution in [3.63, 3.8) is 0 Å². The molecule has 0 bridgehead atoms. The van der Waals surface area contributed by atoms with Crippen molar-refractivity contribution < 1.29 is 5.11 Å². The second-order valence-electron chi connectivity index (χ2n) is 5.47. The van der Waals surface area contributed by atoms with Crippen molar-refractivity contribution >= 4 is 11.8 Å². The Morgan fingerprint density at radius 1 is 1.53 bits per heavy atom. The van der Waals surface area contributed by atoms with E-state index >= 15 is 0 Å². The maximum absolute atomic E-state index is 9.11. The van der Waals surface area contributed by atoms with Crippen molar-refractivity contribution in [1.82, 2.24) is 5.32 Å². The standard InChI is InChI=1S/C12H25NOS/c1-9(8-14)15-11-7-12(2,3)6-5-10(11)13-4/h9-11,13-14H,5-8H2,1-4H3. The first-order valence-corrected chi connectivity index (χ1v) is 6.86. The fourth-order valence-electron chi connectivity index (χ4n) is 2.34. The van der Waals surface area contributed by atoms with Crippen molar-refractivity contribution in [2.45, 2.75) is 56.6 Å². The van der Waals surface area contributed by atoms with Crippen LogP contribution >= 0.6 is 11.8 Å². The molecule has 0 amide bonds. The van der Waals surface area contributed by atoms with Gasteiger partial charge in [-0.05, 0) is 31.7 Å². The van der Waals surface area contributed by atoms with E-state index in [2.05, 4.69) is 33.1 Å². The highest BCUT2D eigenvalue weighted by atomic mass is 32.2. The van der Waals surface area contributed by atoms with Crippen molar-refractivity contribution in [2.75, 3.05) is 13.7 Å². The van der Waals surface area contributed by atoms with Gasteiger partial charge in [-0.1, -0.05) is 20.8 Å².